The van der Waals surface area contributed by atoms with Crippen LogP contribution in [0.2, 0.25) is 0 Å². The molecule has 0 aliphatic heterocycles. The molecule has 130 valence electrons. The maximum atomic E-state index is 12.8. The molecule has 0 radical (unpaired) electrons. The minimum absolute atomic E-state index is 0.262. The van der Waals surface area contributed by atoms with Gasteiger partial charge in [0.15, 0.2) is 0 Å². The number of rotatable bonds is 6. The molecule has 1 saturated carbocycles. The number of amides is 1. The van der Waals surface area contributed by atoms with Crippen molar-refractivity contribution >= 4 is 5.91 Å². The summed E-state index contributed by atoms with van der Waals surface area (Å²) in [6, 6.07) is 2.32. The van der Waals surface area contributed by atoms with Crippen molar-refractivity contribution in [3.05, 3.63) is 23.0 Å². The topological polar surface area (TPSA) is 25.2 Å². The molecule has 1 aromatic heterocycles. The van der Waals surface area contributed by atoms with Crippen molar-refractivity contribution in [3.8, 4) is 0 Å². The lowest BCUT2D eigenvalue weighted by atomic mass is 9.95. The van der Waals surface area contributed by atoms with E-state index < -0.39 is 13.0 Å². The van der Waals surface area contributed by atoms with Crippen molar-refractivity contribution < 1.29 is 13.6 Å². The highest BCUT2D eigenvalue weighted by Gasteiger charge is 2.26. The molecule has 1 aliphatic rings. The van der Waals surface area contributed by atoms with Gasteiger partial charge < -0.3 is 9.47 Å². The zero-order chi connectivity index (χ0) is 17.0. The number of hydrogen-bond donors (Lipinski definition) is 0. The lowest BCUT2D eigenvalue weighted by Crippen LogP contribution is -2.36. The van der Waals surface area contributed by atoms with Crippen molar-refractivity contribution in [1.82, 2.24) is 9.47 Å². The standard InChI is InChI=1S/C18H28F2N2O/c1-4-10-21(12-17(19)20)18(23)16-11-13(2)22(14(16)3)15-8-6-5-7-9-15/h11,15,17H,4-10,12H2,1-3H3. The van der Waals surface area contributed by atoms with E-state index in [0.29, 0.717) is 24.6 Å². The summed E-state index contributed by atoms with van der Waals surface area (Å²) in [6.45, 7) is 5.74. The van der Waals surface area contributed by atoms with Gasteiger partial charge in [-0.2, -0.15) is 0 Å². The first-order chi connectivity index (χ1) is 11.0. The Morgan fingerprint density at radius 3 is 2.52 bits per heavy atom. The SMILES string of the molecule is CCCN(CC(F)F)C(=O)c1cc(C)n(C2CCCCC2)c1C. The average Bonchev–Trinajstić information content (AvgIpc) is 2.81. The van der Waals surface area contributed by atoms with Gasteiger partial charge in [-0.25, -0.2) is 8.78 Å². The first-order valence-electron chi connectivity index (χ1n) is 8.71. The fourth-order valence-corrected chi connectivity index (χ4v) is 3.78. The number of hydrogen-bond acceptors (Lipinski definition) is 1. The van der Waals surface area contributed by atoms with Gasteiger partial charge in [0, 0.05) is 24.0 Å². The number of aryl methyl sites for hydroxylation is 1. The van der Waals surface area contributed by atoms with Crippen LogP contribution in [0.25, 0.3) is 0 Å². The van der Waals surface area contributed by atoms with Crippen LogP contribution in [0.4, 0.5) is 8.78 Å². The highest BCUT2D eigenvalue weighted by Crippen LogP contribution is 2.32. The van der Waals surface area contributed by atoms with Gasteiger partial charge in [-0.15, -0.1) is 0 Å². The van der Waals surface area contributed by atoms with Crippen LogP contribution in [-0.4, -0.2) is 34.9 Å². The van der Waals surface area contributed by atoms with Gasteiger partial charge in [0.2, 0.25) is 0 Å². The third kappa shape index (κ3) is 4.12. The summed E-state index contributed by atoms with van der Waals surface area (Å²) in [5, 5.41) is 0. The molecule has 1 heterocycles. The third-order valence-corrected chi connectivity index (χ3v) is 4.79. The van der Waals surface area contributed by atoms with Crippen molar-refractivity contribution in [2.75, 3.05) is 13.1 Å². The number of halogens is 2. The molecule has 23 heavy (non-hydrogen) atoms. The molecule has 0 unspecified atom stereocenters. The van der Waals surface area contributed by atoms with Crippen LogP contribution in [0.3, 0.4) is 0 Å². The zero-order valence-corrected chi connectivity index (χ0v) is 14.4. The minimum Gasteiger partial charge on any atom is -0.345 e. The van der Waals surface area contributed by atoms with Gasteiger partial charge in [0.1, 0.15) is 0 Å². The molecular weight excluding hydrogens is 298 g/mol. The Kier molecular flexibility index (Phi) is 6.19. The van der Waals surface area contributed by atoms with Crippen LogP contribution in [-0.2, 0) is 0 Å². The maximum Gasteiger partial charge on any atom is 0.255 e. The summed E-state index contributed by atoms with van der Waals surface area (Å²) in [6.07, 6.45) is 4.18. The Hall–Kier alpha value is -1.39. The highest BCUT2D eigenvalue weighted by molar-refractivity contribution is 5.95. The van der Waals surface area contributed by atoms with E-state index in [-0.39, 0.29) is 5.91 Å². The number of carbonyl (C=O) groups excluding carboxylic acids is 1. The van der Waals surface area contributed by atoms with E-state index in [4.69, 9.17) is 0 Å². The molecule has 0 bridgehead atoms. The molecule has 1 aromatic rings. The van der Waals surface area contributed by atoms with E-state index in [1.165, 1.54) is 24.2 Å². The van der Waals surface area contributed by atoms with Gasteiger partial charge in [-0.05, 0) is 39.2 Å². The van der Waals surface area contributed by atoms with Gasteiger partial charge >= 0.3 is 0 Å². The summed E-state index contributed by atoms with van der Waals surface area (Å²) in [5.74, 6) is -0.262. The van der Waals surface area contributed by atoms with Crippen LogP contribution < -0.4 is 0 Å². The van der Waals surface area contributed by atoms with E-state index in [2.05, 4.69) is 4.57 Å². The Labute approximate surface area is 137 Å². The van der Waals surface area contributed by atoms with E-state index >= 15 is 0 Å². The van der Waals surface area contributed by atoms with Crippen molar-refractivity contribution in [2.24, 2.45) is 0 Å². The maximum absolute atomic E-state index is 12.8. The molecule has 0 saturated heterocycles. The molecule has 0 aromatic carbocycles. The van der Waals surface area contributed by atoms with Crippen LogP contribution in [0.15, 0.2) is 6.07 Å². The molecule has 0 spiro atoms. The fourth-order valence-electron chi connectivity index (χ4n) is 3.78. The normalized spacial score (nSPS) is 16.1. The van der Waals surface area contributed by atoms with Gasteiger partial charge in [0.05, 0.1) is 12.1 Å². The molecule has 1 amide bonds. The number of carbonyl (C=O) groups is 1. The number of nitrogens with zero attached hydrogens (tertiary/aromatic N) is 2. The molecular formula is C18H28F2N2O. The molecule has 0 N–H and O–H groups in total. The lowest BCUT2D eigenvalue weighted by molar-refractivity contribution is 0.0554. The third-order valence-electron chi connectivity index (χ3n) is 4.79. The Balaban J connectivity index is 2.26. The first kappa shape index (κ1) is 18.0. The Morgan fingerprint density at radius 1 is 1.30 bits per heavy atom. The monoisotopic (exact) mass is 326 g/mol. The number of alkyl halides is 2. The van der Waals surface area contributed by atoms with Gasteiger partial charge in [0.25, 0.3) is 12.3 Å². The zero-order valence-electron chi connectivity index (χ0n) is 14.4. The first-order valence-corrected chi connectivity index (χ1v) is 8.71. The quantitative estimate of drug-likeness (QED) is 0.742. The summed E-state index contributed by atoms with van der Waals surface area (Å²) in [7, 11) is 0. The summed E-state index contributed by atoms with van der Waals surface area (Å²) in [4.78, 5) is 14.0. The highest BCUT2D eigenvalue weighted by atomic mass is 19.3. The Bertz CT molecular complexity index is 533. The second-order valence-electron chi connectivity index (χ2n) is 6.59. The second kappa shape index (κ2) is 7.93. The summed E-state index contributed by atoms with van der Waals surface area (Å²) >= 11 is 0. The molecule has 1 fully saturated rings. The van der Waals surface area contributed by atoms with Gasteiger partial charge in [-0.3, -0.25) is 4.79 Å². The largest absolute Gasteiger partial charge is 0.345 e. The second-order valence-corrected chi connectivity index (χ2v) is 6.59. The van der Waals surface area contributed by atoms with Crippen LogP contribution in [0.1, 0.15) is 73.2 Å². The molecule has 0 atom stereocenters. The average molecular weight is 326 g/mol. The molecule has 5 heteroatoms. The van der Waals surface area contributed by atoms with E-state index in [1.807, 2.05) is 26.8 Å². The molecule has 1 aliphatic carbocycles. The van der Waals surface area contributed by atoms with Crippen LogP contribution in [0.5, 0.6) is 0 Å². The van der Waals surface area contributed by atoms with E-state index in [1.54, 1.807) is 0 Å². The van der Waals surface area contributed by atoms with Crippen molar-refractivity contribution in [1.29, 1.82) is 0 Å². The minimum atomic E-state index is -2.49. The predicted octanol–water partition coefficient (Wildman–Crippen LogP) is 4.73. The van der Waals surface area contributed by atoms with Crippen LogP contribution >= 0.6 is 0 Å². The van der Waals surface area contributed by atoms with Crippen molar-refractivity contribution in [3.63, 3.8) is 0 Å². The summed E-state index contributed by atoms with van der Waals surface area (Å²) in [5.41, 5.74) is 2.57. The summed E-state index contributed by atoms with van der Waals surface area (Å²) < 4.78 is 27.8. The van der Waals surface area contributed by atoms with E-state index in [0.717, 1.165) is 24.2 Å². The van der Waals surface area contributed by atoms with E-state index in [9.17, 15) is 13.6 Å². The van der Waals surface area contributed by atoms with Gasteiger partial charge in [-0.1, -0.05) is 26.2 Å². The van der Waals surface area contributed by atoms with Crippen molar-refractivity contribution in [2.45, 2.75) is 71.8 Å². The number of aromatic nitrogens is 1. The van der Waals surface area contributed by atoms with Crippen LogP contribution in [0, 0.1) is 13.8 Å². The lowest BCUT2D eigenvalue weighted by Gasteiger charge is -2.27. The Morgan fingerprint density at radius 2 is 1.96 bits per heavy atom. The fraction of sp³-hybridized carbons (Fsp3) is 0.722. The molecule has 3 nitrogen and oxygen atoms in total. The molecule has 2 rings (SSSR count). The smallest absolute Gasteiger partial charge is 0.255 e. The predicted molar refractivity (Wildman–Crippen MR) is 88.2 cm³/mol.